The molecule has 10 nitrogen and oxygen atoms in total. The van der Waals surface area contributed by atoms with E-state index in [0.717, 1.165) is 32.1 Å². The molecule has 0 aromatic carbocycles. The van der Waals surface area contributed by atoms with Crippen LogP contribution in [0, 0.1) is 0 Å². The number of hydrogen-bond acceptors (Lipinski definition) is 9. The van der Waals surface area contributed by atoms with E-state index in [1.165, 1.54) is 83.5 Å². The molecule has 0 saturated carbocycles. The van der Waals surface area contributed by atoms with E-state index in [1.54, 1.807) is 0 Å². The number of rotatable bonds is 28. The molecule has 1 aliphatic heterocycles. The Hall–Kier alpha value is -0.850. The molecule has 44 heavy (non-hydrogen) atoms. The number of unbranched alkanes of at least 4 members (excludes halogenated alkanes) is 17. The van der Waals surface area contributed by atoms with E-state index >= 15 is 0 Å². The second-order valence-corrected chi connectivity index (χ2v) is 12.8. The van der Waals surface area contributed by atoms with Crippen LogP contribution in [0.15, 0.2) is 0 Å². The van der Waals surface area contributed by atoms with Crippen molar-refractivity contribution in [1.29, 1.82) is 0 Å². The van der Waals surface area contributed by atoms with Crippen molar-refractivity contribution in [3.05, 3.63) is 0 Å². The van der Waals surface area contributed by atoms with Gasteiger partial charge in [-0.2, -0.15) is 0 Å². The van der Waals surface area contributed by atoms with Crippen molar-refractivity contribution < 1.29 is 44.9 Å². The third-order valence-corrected chi connectivity index (χ3v) is 8.80. The maximum atomic E-state index is 12.7. The van der Waals surface area contributed by atoms with Crippen molar-refractivity contribution in [3.8, 4) is 0 Å². The molecule has 1 aliphatic rings. The predicted molar refractivity (Wildman–Crippen MR) is 172 cm³/mol. The largest absolute Gasteiger partial charge is 0.394 e. The van der Waals surface area contributed by atoms with Crippen molar-refractivity contribution >= 4 is 5.91 Å². The fraction of sp³-hybridized carbons (Fsp3) is 0.971. The smallest absolute Gasteiger partial charge is 0.220 e. The molecular formula is C34H67NO9. The van der Waals surface area contributed by atoms with E-state index < -0.39 is 55.6 Å². The number of ether oxygens (including phenoxy) is 2. The highest BCUT2D eigenvalue weighted by Gasteiger charge is 2.44. The molecule has 1 amide bonds. The van der Waals surface area contributed by atoms with Crippen LogP contribution in [-0.4, -0.2) is 98.7 Å². The van der Waals surface area contributed by atoms with E-state index in [1.807, 2.05) is 6.92 Å². The maximum absolute atomic E-state index is 12.7. The van der Waals surface area contributed by atoms with Gasteiger partial charge in [-0.3, -0.25) is 4.79 Å². The van der Waals surface area contributed by atoms with E-state index in [2.05, 4.69) is 12.2 Å². The van der Waals surface area contributed by atoms with E-state index in [4.69, 9.17) is 9.47 Å². The van der Waals surface area contributed by atoms with Gasteiger partial charge >= 0.3 is 0 Å². The zero-order valence-electron chi connectivity index (χ0n) is 27.8. The lowest BCUT2D eigenvalue weighted by Crippen LogP contribution is -2.60. The number of aliphatic hydroxyl groups is 6. The summed E-state index contributed by atoms with van der Waals surface area (Å²) in [6, 6.07) is -0.979. The van der Waals surface area contributed by atoms with Gasteiger partial charge in [0.25, 0.3) is 0 Å². The molecular weight excluding hydrogens is 566 g/mol. The molecule has 0 bridgehead atoms. The van der Waals surface area contributed by atoms with Gasteiger partial charge < -0.3 is 45.4 Å². The van der Waals surface area contributed by atoms with Gasteiger partial charge in [0, 0.05) is 6.42 Å². The van der Waals surface area contributed by atoms with Gasteiger partial charge in [-0.25, -0.2) is 0 Å². The molecule has 10 heteroatoms. The number of carbonyl (C=O) groups excluding carboxylic acids is 1. The Labute approximate surface area is 266 Å². The van der Waals surface area contributed by atoms with Crippen molar-refractivity contribution in [2.24, 2.45) is 0 Å². The summed E-state index contributed by atoms with van der Waals surface area (Å²) in [5.74, 6) is -0.268. The lowest BCUT2D eigenvalue weighted by Gasteiger charge is -2.40. The molecule has 1 fully saturated rings. The van der Waals surface area contributed by atoms with Gasteiger partial charge in [0.15, 0.2) is 6.29 Å². The number of hydrogen-bond donors (Lipinski definition) is 7. The summed E-state index contributed by atoms with van der Waals surface area (Å²) in [7, 11) is 0. The Morgan fingerprint density at radius 2 is 1.18 bits per heavy atom. The third kappa shape index (κ3) is 17.7. The molecule has 262 valence electrons. The fourth-order valence-electron chi connectivity index (χ4n) is 5.77. The third-order valence-electron chi connectivity index (χ3n) is 8.80. The number of carbonyl (C=O) groups is 1. The van der Waals surface area contributed by atoms with Gasteiger partial charge in [-0.15, -0.1) is 0 Å². The molecule has 0 aromatic rings. The average Bonchev–Trinajstić information content (AvgIpc) is 3.02. The normalized spacial score (nSPS) is 24.2. The van der Waals surface area contributed by atoms with E-state index in [9.17, 15) is 35.4 Å². The second kappa shape index (κ2) is 26.2. The zero-order valence-corrected chi connectivity index (χ0v) is 27.8. The summed E-state index contributed by atoms with van der Waals surface area (Å²) in [6.07, 6.45) is 13.9. The first-order valence-electron chi connectivity index (χ1n) is 17.8. The summed E-state index contributed by atoms with van der Waals surface area (Å²) < 4.78 is 11.0. The first kappa shape index (κ1) is 41.2. The Morgan fingerprint density at radius 1 is 0.705 bits per heavy atom. The van der Waals surface area contributed by atoms with Crippen LogP contribution in [0.25, 0.3) is 0 Å². The van der Waals surface area contributed by atoms with Gasteiger partial charge in [0.2, 0.25) is 5.91 Å². The molecule has 7 N–H and O–H groups in total. The highest BCUT2D eigenvalue weighted by atomic mass is 16.7. The minimum absolute atomic E-state index is 0.268. The molecule has 1 rings (SSSR count). The van der Waals surface area contributed by atoms with Gasteiger partial charge in [-0.1, -0.05) is 129 Å². The van der Waals surface area contributed by atoms with Crippen LogP contribution in [0.3, 0.4) is 0 Å². The SMILES string of the molecule is CCCCCCCCCCCCCCCCCCCC(=O)N[C@@H](CO[C@H]1O[C@H](CO)[C@H](O)[C@H](O)[C@H]1O)[C@H](O)[C@H](O)CCCC. The zero-order chi connectivity index (χ0) is 32.6. The van der Waals surface area contributed by atoms with Crippen molar-refractivity contribution in [3.63, 3.8) is 0 Å². The lowest BCUT2D eigenvalue weighted by atomic mass is 9.99. The Morgan fingerprint density at radius 3 is 1.66 bits per heavy atom. The number of nitrogens with one attached hydrogen (secondary N) is 1. The van der Waals surface area contributed by atoms with Crippen LogP contribution in [0.2, 0.25) is 0 Å². The topological polar surface area (TPSA) is 169 Å². The van der Waals surface area contributed by atoms with Gasteiger partial charge in [0.1, 0.15) is 30.5 Å². The second-order valence-electron chi connectivity index (χ2n) is 12.8. The summed E-state index contributed by atoms with van der Waals surface area (Å²) in [4.78, 5) is 12.7. The molecule has 0 aromatic heterocycles. The summed E-state index contributed by atoms with van der Waals surface area (Å²) >= 11 is 0. The summed E-state index contributed by atoms with van der Waals surface area (Å²) in [6.45, 7) is 3.33. The minimum atomic E-state index is -1.60. The molecule has 0 aliphatic carbocycles. The molecule has 1 saturated heterocycles. The quantitative estimate of drug-likeness (QED) is 0.0623. The molecule has 0 unspecified atom stereocenters. The Kier molecular flexibility index (Phi) is 24.6. The number of aliphatic hydroxyl groups excluding tert-OH is 6. The molecule has 8 atom stereocenters. The van der Waals surface area contributed by atoms with Gasteiger partial charge in [-0.05, 0) is 12.8 Å². The monoisotopic (exact) mass is 633 g/mol. The summed E-state index contributed by atoms with van der Waals surface area (Å²) in [5, 5.41) is 63.7. The Balaban J connectivity index is 2.29. The van der Waals surface area contributed by atoms with Crippen LogP contribution in [0.4, 0.5) is 0 Å². The lowest BCUT2D eigenvalue weighted by molar-refractivity contribution is -0.303. The minimum Gasteiger partial charge on any atom is -0.394 e. The molecule has 1 heterocycles. The highest BCUT2D eigenvalue weighted by molar-refractivity contribution is 5.76. The first-order valence-corrected chi connectivity index (χ1v) is 17.8. The Bertz CT molecular complexity index is 683. The van der Waals surface area contributed by atoms with Gasteiger partial charge in [0.05, 0.1) is 25.4 Å². The van der Waals surface area contributed by atoms with Crippen molar-refractivity contribution in [2.75, 3.05) is 13.2 Å². The molecule has 0 radical (unpaired) electrons. The summed E-state index contributed by atoms with van der Waals surface area (Å²) in [5.41, 5.74) is 0. The van der Waals surface area contributed by atoms with E-state index in [0.29, 0.717) is 12.8 Å². The fourth-order valence-corrected chi connectivity index (χ4v) is 5.77. The van der Waals surface area contributed by atoms with Crippen LogP contribution in [0.5, 0.6) is 0 Å². The maximum Gasteiger partial charge on any atom is 0.220 e. The highest BCUT2D eigenvalue weighted by Crippen LogP contribution is 2.23. The van der Waals surface area contributed by atoms with E-state index in [-0.39, 0.29) is 18.9 Å². The van der Waals surface area contributed by atoms with Crippen LogP contribution >= 0.6 is 0 Å². The van der Waals surface area contributed by atoms with Crippen molar-refractivity contribution in [2.45, 2.75) is 198 Å². The van der Waals surface area contributed by atoms with Crippen LogP contribution in [0.1, 0.15) is 149 Å². The predicted octanol–water partition coefficient (Wildman–Crippen LogP) is 4.24. The van der Waals surface area contributed by atoms with Crippen LogP contribution in [-0.2, 0) is 14.3 Å². The van der Waals surface area contributed by atoms with Crippen molar-refractivity contribution in [1.82, 2.24) is 5.32 Å². The molecule has 0 spiro atoms. The first-order chi connectivity index (χ1) is 21.3. The number of amides is 1. The average molecular weight is 634 g/mol. The van der Waals surface area contributed by atoms with Crippen LogP contribution < -0.4 is 5.32 Å². The standard InChI is InChI=1S/C34H67NO9/c1-3-5-7-8-9-10-11-12-13-14-15-16-17-18-19-20-21-23-29(38)35-26(30(39)27(37)22-6-4-2)25-43-34-33(42)32(41)31(40)28(24-36)44-34/h26-28,30-34,36-37,39-42H,3-25H2,1-2H3,(H,35,38)/t26-,27+,28+,30-,31-,32-,33+,34-/m0/s1.